The number of hydrogen-bond donors (Lipinski definition) is 1. The van der Waals surface area contributed by atoms with Crippen LogP contribution in [0.4, 0.5) is 4.79 Å². The highest BCUT2D eigenvalue weighted by Gasteiger charge is 2.39. The molecule has 0 radical (unpaired) electrons. The fourth-order valence-electron chi connectivity index (χ4n) is 2.07. The average molecular weight is 325 g/mol. The monoisotopic (exact) mass is 325 g/mol. The SMILES string of the molecule is C=C[C@@](C)(CCC=C(C)C)[C@H](NC(=O)OC(C)(C)C)C(=O)OC. The summed E-state index contributed by atoms with van der Waals surface area (Å²) in [5.74, 6) is -0.518. The number of allylic oxidation sites excluding steroid dienone is 2. The zero-order chi connectivity index (χ0) is 18.3. The van der Waals surface area contributed by atoms with Crippen LogP contribution in [0.2, 0.25) is 0 Å². The van der Waals surface area contributed by atoms with Crippen LogP contribution in [0.25, 0.3) is 0 Å². The predicted molar refractivity (Wildman–Crippen MR) is 92.1 cm³/mol. The number of methoxy groups -OCH3 is 1. The summed E-state index contributed by atoms with van der Waals surface area (Å²) in [6.45, 7) is 15.0. The second-order valence-corrected chi connectivity index (χ2v) is 7.13. The number of alkyl carbamates (subject to hydrolysis) is 1. The summed E-state index contributed by atoms with van der Waals surface area (Å²) in [7, 11) is 1.30. The number of amides is 1. The summed E-state index contributed by atoms with van der Waals surface area (Å²) in [5, 5.41) is 2.63. The summed E-state index contributed by atoms with van der Waals surface area (Å²) in [4.78, 5) is 24.2. The molecule has 0 aromatic rings. The molecule has 0 unspecified atom stereocenters. The maximum absolute atomic E-state index is 12.2. The van der Waals surface area contributed by atoms with Crippen molar-refractivity contribution in [2.45, 2.75) is 66.0 Å². The Morgan fingerprint density at radius 1 is 1.22 bits per heavy atom. The molecule has 5 heteroatoms. The van der Waals surface area contributed by atoms with Gasteiger partial charge in [0.2, 0.25) is 0 Å². The molecule has 0 saturated heterocycles. The Labute approximate surface area is 140 Å². The quantitative estimate of drug-likeness (QED) is 0.568. The molecule has 5 nitrogen and oxygen atoms in total. The maximum atomic E-state index is 12.2. The van der Waals surface area contributed by atoms with Crippen molar-refractivity contribution in [2.24, 2.45) is 5.41 Å². The van der Waals surface area contributed by atoms with E-state index in [1.54, 1.807) is 26.8 Å². The fourth-order valence-corrected chi connectivity index (χ4v) is 2.07. The van der Waals surface area contributed by atoms with Gasteiger partial charge in [0.05, 0.1) is 7.11 Å². The molecular formula is C18H31NO4. The van der Waals surface area contributed by atoms with Crippen LogP contribution < -0.4 is 5.32 Å². The first-order valence-corrected chi connectivity index (χ1v) is 7.79. The zero-order valence-electron chi connectivity index (χ0n) is 15.5. The molecule has 0 heterocycles. The molecule has 0 aliphatic carbocycles. The molecule has 0 aliphatic heterocycles. The van der Waals surface area contributed by atoms with Gasteiger partial charge in [-0.3, -0.25) is 0 Å². The van der Waals surface area contributed by atoms with E-state index in [0.717, 1.165) is 6.42 Å². The number of nitrogens with one attached hydrogen (secondary N) is 1. The minimum Gasteiger partial charge on any atom is -0.467 e. The second kappa shape index (κ2) is 8.75. The average Bonchev–Trinajstić information content (AvgIpc) is 2.41. The van der Waals surface area contributed by atoms with Crippen LogP contribution in [0.5, 0.6) is 0 Å². The fraction of sp³-hybridized carbons (Fsp3) is 0.667. The topological polar surface area (TPSA) is 64.6 Å². The molecule has 0 spiro atoms. The Kier molecular flexibility index (Phi) is 8.07. The lowest BCUT2D eigenvalue weighted by Crippen LogP contribution is -2.52. The van der Waals surface area contributed by atoms with Gasteiger partial charge in [0.1, 0.15) is 11.6 Å². The number of hydrogen-bond acceptors (Lipinski definition) is 4. The van der Waals surface area contributed by atoms with Gasteiger partial charge in [-0.2, -0.15) is 0 Å². The third kappa shape index (κ3) is 7.86. The van der Waals surface area contributed by atoms with Crippen LogP contribution in [0, 0.1) is 5.41 Å². The van der Waals surface area contributed by atoms with Gasteiger partial charge in [0, 0.05) is 5.41 Å². The standard InChI is InChI=1S/C18H31NO4/c1-9-18(7,12-10-11-13(2)3)14(15(20)22-8)19-16(21)23-17(4,5)6/h9,11,14H,1,10,12H2,2-8H3,(H,19,21)/t14-,18+/m1/s1. The van der Waals surface area contributed by atoms with E-state index < -0.39 is 29.1 Å². The van der Waals surface area contributed by atoms with Crippen molar-refractivity contribution in [1.29, 1.82) is 0 Å². The van der Waals surface area contributed by atoms with Crippen molar-refractivity contribution < 1.29 is 19.1 Å². The molecule has 23 heavy (non-hydrogen) atoms. The lowest BCUT2D eigenvalue weighted by molar-refractivity contribution is -0.145. The number of esters is 1. The van der Waals surface area contributed by atoms with Crippen LogP contribution >= 0.6 is 0 Å². The molecule has 0 aliphatic rings. The summed E-state index contributed by atoms with van der Waals surface area (Å²) in [6.07, 6.45) is 4.54. The number of carbonyl (C=O) groups is 2. The highest BCUT2D eigenvalue weighted by Crippen LogP contribution is 2.31. The van der Waals surface area contributed by atoms with Gasteiger partial charge in [-0.1, -0.05) is 24.6 Å². The van der Waals surface area contributed by atoms with E-state index in [1.165, 1.54) is 12.7 Å². The van der Waals surface area contributed by atoms with E-state index in [1.807, 2.05) is 20.8 Å². The van der Waals surface area contributed by atoms with Crippen molar-refractivity contribution >= 4 is 12.1 Å². The van der Waals surface area contributed by atoms with E-state index in [0.29, 0.717) is 6.42 Å². The van der Waals surface area contributed by atoms with Crippen molar-refractivity contribution in [1.82, 2.24) is 5.32 Å². The first-order valence-electron chi connectivity index (χ1n) is 7.79. The first-order chi connectivity index (χ1) is 10.4. The van der Waals surface area contributed by atoms with Crippen LogP contribution in [0.3, 0.4) is 0 Å². The molecule has 2 atom stereocenters. The minimum atomic E-state index is -0.856. The van der Waals surface area contributed by atoms with Crippen LogP contribution in [0.15, 0.2) is 24.3 Å². The Morgan fingerprint density at radius 2 is 1.78 bits per heavy atom. The van der Waals surface area contributed by atoms with Crippen LogP contribution in [-0.4, -0.2) is 30.8 Å². The Balaban J connectivity index is 5.25. The summed E-state index contributed by atoms with van der Waals surface area (Å²) in [5.41, 5.74) is -0.0843. The highest BCUT2D eigenvalue weighted by molar-refractivity contribution is 5.82. The van der Waals surface area contributed by atoms with E-state index in [2.05, 4.69) is 18.0 Å². The summed E-state index contributed by atoms with van der Waals surface area (Å²) in [6, 6.07) is -0.856. The van der Waals surface area contributed by atoms with Gasteiger partial charge < -0.3 is 14.8 Å². The van der Waals surface area contributed by atoms with Crippen molar-refractivity contribution in [3.63, 3.8) is 0 Å². The molecular weight excluding hydrogens is 294 g/mol. The molecule has 0 rings (SSSR count). The zero-order valence-corrected chi connectivity index (χ0v) is 15.5. The second-order valence-electron chi connectivity index (χ2n) is 7.13. The van der Waals surface area contributed by atoms with Crippen LogP contribution in [-0.2, 0) is 14.3 Å². The molecule has 0 aromatic carbocycles. The molecule has 1 N–H and O–H groups in total. The van der Waals surface area contributed by atoms with Crippen molar-refractivity contribution in [3.8, 4) is 0 Å². The molecule has 0 bridgehead atoms. The van der Waals surface area contributed by atoms with Crippen molar-refractivity contribution in [2.75, 3.05) is 7.11 Å². The predicted octanol–water partition coefficient (Wildman–Crippen LogP) is 3.99. The van der Waals surface area contributed by atoms with Gasteiger partial charge >= 0.3 is 12.1 Å². The molecule has 0 aromatic heterocycles. The Morgan fingerprint density at radius 3 is 2.17 bits per heavy atom. The number of carbonyl (C=O) groups excluding carboxylic acids is 2. The maximum Gasteiger partial charge on any atom is 0.408 e. The van der Waals surface area contributed by atoms with Crippen LogP contribution in [0.1, 0.15) is 54.4 Å². The highest BCUT2D eigenvalue weighted by atomic mass is 16.6. The van der Waals surface area contributed by atoms with Gasteiger partial charge in [-0.15, -0.1) is 6.58 Å². The van der Waals surface area contributed by atoms with Gasteiger partial charge in [0.25, 0.3) is 0 Å². The smallest absolute Gasteiger partial charge is 0.408 e. The minimum absolute atomic E-state index is 0.518. The lowest BCUT2D eigenvalue weighted by Gasteiger charge is -2.34. The van der Waals surface area contributed by atoms with E-state index in [-0.39, 0.29) is 0 Å². The molecule has 1 amide bonds. The normalized spacial score (nSPS) is 14.9. The Hall–Kier alpha value is -1.78. The largest absolute Gasteiger partial charge is 0.467 e. The third-order valence-electron chi connectivity index (χ3n) is 3.46. The molecule has 0 fully saturated rings. The summed E-state index contributed by atoms with van der Waals surface area (Å²) >= 11 is 0. The van der Waals surface area contributed by atoms with Crippen molar-refractivity contribution in [3.05, 3.63) is 24.3 Å². The number of rotatable bonds is 7. The lowest BCUT2D eigenvalue weighted by atomic mass is 9.78. The van der Waals surface area contributed by atoms with Gasteiger partial charge in [-0.05, 0) is 47.5 Å². The van der Waals surface area contributed by atoms with E-state index in [9.17, 15) is 9.59 Å². The van der Waals surface area contributed by atoms with E-state index >= 15 is 0 Å². The summed E-state index contributed by atoms with van der Waals surface area (Å²) < 4.78 is 10.1. The third-order valence-corrected chi connectivity index (χ3v) is 3.46. The first kappa shape index (κ1) is 21.2. The van der Waals surface area contributed by atoms with Gasteiger partial charge in [-0.25, -0.2) is 9.59 Å². The molecule has 132 valence electrons. The van der Waals surface area contributed by atoms with E-state index in [4.69, 9.17) is 9.47 Å². The Bertz CT molecular complexity index is 458. The number of ether oxygens (including phenoxy) is 2. The molecule has 0 saturated carbocycles. The van der Waals surface area contributed by atoms with Gasteiger partial charge in [0.15, 0.2) is 0 Å².